The molecule has 0 spiro atoms. The molecule has 0 saturated carbocycles. The average Bonchev–Trinajstić information content (AvgIpc) is 3.17. The molecule has 5 rings (SSSR count). The molecule has 0 fully saturated rings. The summed E-state index contributed by atoms with van der Waals surface area (Å²) in [6.07, 6.45) is 0.0324. The highest BCUT2D eigenvalue weighted by Gasteiger charge is 2.41. The highest BCUT2D eigenvalue weighted by atomic mass is 16.5. The molecule has 2 aliphatic rings. The van der Waals surface area contributed by atoms with E-state index in [2.05, 4.69) is 5.32 Å². The van der Waals surface area contributed by atoms with Crippen LogP contribution in [0.5, 0.6) is 11.5 Å². The van der Waals surface area contributed by atoms with Gasteiger partial charge in [-0.25, -0.2) is 4.79 Å². The Morgan fingerprint density at radius 2 is 1.58 bits per heavy atom. The number of carbonyl (C=O) groups excluding carboxylic acids is 3. The molecule has 1 amide bonds. The van der Waals surface area contributed by atoms with Gasteiger partial charge in [0.25, 0.3) is 0 Å². The number of nitrogens with one attached hydrogen (secondary N) is 1. The van der Waals surface area contributed by atoms with E-state index in [1.165, 1.54) is 12.0 Å². The lowest BCUT2D eigenvalue weighted by molar-refractivity contribution is -0.138. The first-order valence-corrected chi connectivity index (χ1v) is 13.8. The molecule has 0 bridgehead atoms. The van der Waals surface area contributed by atoms with Crippen molar-refractivity contribution >= 4 is 35.0 Å². The van der Waals surface area contributed by atoms with Crippen molar-refractivity contribution in [1.82, 2.24) is 0 Å². The summed E-state index contributed by atoms with van der Waals surface area (Å²) in [5.74, 6) is -1.24. The van der Waals surface area contributed by atoms with E-state index in [-0.39, 0.29) is 31.0 Å². The summed E-state index contributed by atoms with van der Waals surface area (Å²) in [6, 6.07) is 18.5. The largest absolute Gasteiger partial charge is 0.493 e. The van der Waals surface area contributed by atoms with Crippen LogP contribution >= 0.6 is 0 Å². The first-order chi connectivity index (χ1) is 20.7. The number of ether oxygens (including phenoxy) is 3. The van der Waals surface area contributed by atoms with Crippen LogP contribution in [-0.4, -0.2) is 50.1 Å². The molecule has 0 radical (unpaired) electrons. The number of amides is 1. The molecule has 1 aliphatic heterocycles. The molecule has 43 heavy (non-hydrogen) atoms. The fourth-order valence-electron chi connectivity index (χ4n) is 5.78. The summed E-state index contributed by atoms with van der Waals surface area (Å²) in [5, 5.41) is 12.8. The van der Waals surface area contributed by atoms with Gasteiger partial charge in [0.15, 0.2) is 17.3 Å². The number of carboxylic acids is 1. The Bertz CT molecular complexity index is 1610. The molecule has 3 aromatic carbocycles. The van der Waals surface area contributed by atoms with Crippen molar-refractivity contribution in [2.24, 2.45) is 0 Å². The minimum Gasteiger partial charge on any atom is -0.493 e. The predicted octanol–water partition coefficient (Wildman–Crippen LogP) is 5.26. The van der Waals surface area contributed by atoms with Crippen molar-refractivity contribution in [1.29, 1.82) is 0 Å². The van der Waals surface area contributed by atoms with Crippen LogP contribution in [0.2, 0.25) is 0 Å². The number of allylic oxidation sites excluding steroid dienone is 1. The van der Waals surface area contributed by atoms with Gasteiger partial charge in [0.2, 0.25) is 5.91 Å². The summed E-state index contributed by atoms with van der Waals surface area (Å²) >= 11 is 0. The normalized spacial score (nSPS) is 17.7. The van der Waals surface area contributed by atoms with Crippen molar-refractivity contribution in [3.05, 3.63) is 94.7 Å². The average molecular weight is 585 g/mol. The van der Waals surface area contributed by atoms with Crippen molar-refractivity contribution < 1.29 is 38.5 Å². The monoisotopic (exact) mass is 584 g/mol. The molecule has 10 nitrogen and oxygen atoms in total. The molecule has 2 atom stereocenters. The van der Waals surface area contributed by atoms with Gasteiger partial charge < -0.3 is 24.6 Å². The lowest BCUT2D eigenvalue weighted by Gasteiger charge is -2.35. The van der Waals surface area contributed by atoms with E-state index in [0.717, 1.165) is 5.56 Å². The third-order valence-electron chi connectivity index (χ3n) is 7.84. The molecule has 1 aliphatic carbocycles. The highest BCUT2D eigenvalue weighted by molar-refractivity contribution is 6.07. The Morgan fingerprint density at radius 3 is 2.26 bits per heavy atom. The minimum atomic E-state index is -1.10. The van der Waals surface area contributed by atoms with Gasteiger partial charge in [-0.3, -0.25) is 19.3 Å². The molecular formula is C33H32N2O8. The van der Waals surface area contributed by atoms with Crippen LogP contribution in [0.25, 0.3) is 0 Å². The Morgan fingerprint density at radius 1 is 0.884 bits per heavy atom. The fraction of sp³-hybridized carbons (Fsp3) is 0.273. The number of ketones is 1. The number of hydrogen-bond acceptors (Lipinski definition) is 8. The maximum Gasteiger partial charge on any atom is 0.337 e. The van der Waals surface area contributed by atoms with Gasteiger partial charge in [0.05, 0.1) is 50.7 Å². The number of hydrogen-bond donors (Lipinski definition) is 2. The molecule has 2 N–H and O–H groups in total. The zero-order valence-corrected chi connectivity index (χ0v) is 24.1. The Kier molecular flexibility index (Phi) is 8.47. The van der Waals surface area contributed by atoms with Gasteiger partial charge in [-0.15, -0.1) is 0 Å². The van der Waals surface area contributed by atoms with E-state index < -0.39 is 23.9 Å². The van der Waals surface area contributed by atoms with Crippen molar-refractivity contribution in [2.75, 3.05) is 31.5 Å². The number of para-hydroxylation sites is 2. The number of anilines is 2. The van der Waals surface area contributed by atoms with E-state index in [1.54, 1.807) is 50.6 Å². The first-order valence-electron chi connectivity index (χ1n) is 13.8. The lowest BCUT2D eigenvalue weighted by Crippen LogP contribution is -2.38. The fourth-order valence-corrected chi connectivity index (χ4v) is 5.78. The minimum absolute atomic E-state index is 0.153. The van der Waals surface area contributed by atoms with Crippen LogP contribution in [-0.2, 0) is 19.1 Å². The van der Waals surface area contributed by atoms with Crippen molar-refractivity contribution in [3.63, 3.8) is 0 Å². The van der Waals surface area contributed by atoms with E-state index in [1.807, 2.05) is 30.3 Å². The summed E-state index contributed by atoms with van der Waals surface area (Å²) in [7, 11) is 4.41. The van der Waals surface area contributed by atoms with Crippen LogP contribution in [0.3, 0.4) is 0 Å². The van der Waals surface area contributed by atoms with Gasteiger partial charge in [0, 0.05) is 24.1 Å². The van der Waals surface area contributed by atoms with E-state index >= 15 is 0 Å². The molecular weight excluding hydrogens is 552 g/mol. The quantitative estimate of drug-likeness (QED) is 0.341. The van der Waals surface area contributed by atoms with Crippen LogP contribution < -0.4 is 19.7 Å². The number of esters is 1. The third kappa shape index (κ3) is 5.81. The van der Waals surface area contributed by atoms with E-state index in [0.29, 0.717) is 51.7 Å². The number of carbonyl (C=O) groups is 4. The standard InChI is InChI=1S/C33H32N2O8/c1-41-27-13-12-21(18-28(27)42-2)22-16-24-31(26(36)17-22)32(19-8-10-20(11-9-19)33(40)43-3)35(29(37)14-15-30(38)39)25-7-5-4-6-23(25)34-24/h4-13,18,22,32,34H,14-17H2,1-3H3,(H,38,39)/t22-,32-/m0/s1. The second-order valence-electron chi connectivity index (χ2n) is 10.4. The molecule has 0 saturated heterocycles. The number of nitrogens with zero attached hydrogens (tertiary/aromatic N) is 1. The smallest absolute Gasteiger partial charge is 0.337 e. The highest BCUT2D eigenvalue weighted by Crippen LogP contribution is 2.48. The second-order valence-corrected chi connectivity index (χ2v) is 10.4. The third-order valence-corrected chi connectivity index (χ3v) is 7.84. The van der Waals surface area contributed by atoms with E-state index in [4.69, 9.17) is 14.2 Å². The zero-order valence-electron chi connectivity index (χ0n) is 24.1. The first kappa shape index (κ1) is 29.4. The number of Topliss-reactive ketones (excluding diaryl/α,β-unsaturated/α-hetero) is 1. The summed E-state index contributed by atoms with van der Waals surface area (Å²) in [6.45, 7) is 0. The summed E-state index contributed by atoms with van der Waals surface area (Å²) in [5.41, 5.74) is 4.05. The lowest BCUT2D eigenvalue weighted by atomic mass is 9.78. The molecule has 222 valence electrons. The van der Waals surface area contributed by atoms with E-state index in [9.17, 15) is 24.3 Å². The molecule has 1 heterocycles. The molecule has 3 aromatic rings. The maximum absolute atomic E-state index is 14.2. The number of benzene rings is 3. The van der Waals surface area contributed by atoms with Crippen LogP contribution in [0.4, 0.5) is 11.4 Å². The number of methoxy groups -OCH3 is 3. The second kappa shape index (κ2) is 12.4. The molecule has 0 aromatic heterocycles. The summed E-state index contributed by atoms with van der Waals surface area (Å²) in [4.78, 5) is 53.1. The Balaban J connectivity index is 1.66. The summed E-state index contributed by atoms with van der Waals surface area (Å²) < 4.78 is 15.7. The zero-order chi connectivity index (χ0) is 30.7. The van der Waals surface area contributed by atoms with Crippen LogP contribution in [0.1, 0.15) is 59.1 Å². The van der Waals surface area contributed by atoms with Gasteiger partial charge in [-0.2, -0.15) is 0 Å². The van der Waals surface area contributed by atoms with Gasteiger partial charge in [-0.1, -0.05) is 30.3 Å². The molecule has 10 heteroatoms. The molecule has 0 unspecified atom stereocenters. The topological polar surface area (TPSA) is 131 Å². The number of rotatable bonds is 8. The van der Waals surface area contributed by atoms with Gasteiger partial charge >= 0.3 is 11.9 Å². The van der Waals surface area contributed by atoms with Gasteiger partial charge in [-0.05, 0) is 59.9 Å². The number of carboxylic acid groups (broad SMARTS) is 1. The van der Waals surface area contributed by atoms with Crippen molar-refractivity contribution in [2.45, 2.75) is 37.6 Å². The Labute approximate surface area is 248 Å². The number of aliphatic carboxylic acids is 1. The van der Waals surface area contributed by atoms with Gasteiger partial charge in [0.1, 0.15) is 0 Å². The number of fused-ring (bicyclic) bond motifs is 1. The van der Waals surface area contributed by atoms with Crippen LogP contribution in [0.15, 0.2) is 78.0 Å². The SMILES string of the molecule is COC(=O)c1ccc([C@H]2C3=C(C[C@H](c4ccc(OC)c(OC)c4)CC3=O)Nc3ccccc3N2C(=O)CCC(=O)O)cc1. The van der Waals surface area contributed by atoms with Crippen LogP contribution in [0, 0.1) is 0 Å². The maximum atomic E-state index is 14.2. The predicted molar refractivity (Wildman–Crippen MR) is 158 cm³/mol. The van der Waals surface area contributed by atoms with Crippen molar-refractivity contribution in [3.8, 4) is 11.5 Å². The Hall–Kier alpha value is -5.12.